The Hall–Kier alpha value is -2.72. The highest BCUT2D eigenvalue weighted by Gasteiger charge is 2.30. The zero-order valence-electron chi connectivity index (χ0n) is 15.7. The van der Waals surface area contributed by atoms with Crippen LogP contribution >= 0.6 is 31.9 Å². The van der Waals surface area contributed by atoms with Crippen LogP contribution in [0.2, 0.25) is 0 Å². The number of hydrogen-bond donors (Lipinski definition) is 2. The van der Waals surface area contributed by atoms with Gasteiger partial charge in [-0.3, -0.25) is 19.2 Å². The summed E-state index contributed by atoms with van der Waals surface area (Å²) in [5.41, 5.74) is 13.6. The van der Waals surface area contributed by atoms with E-state index in [2.05, 4.69) is 31.9 Å². The predicted octanol–water partition coefficient (Wildman–Crippen LogP) is 1.65. The molecule has 0 radical (unpaired) electrons. The number of primary amides is 2. The van der Waals surface area contributed by atoms with Gasteiger partial charge in [-0.1, -0.05) is 34.1 Å². The number of fused-ring (bicyclic) bond motifs is 2. The lowest BCUT2D eigenvalue weighted by Gasteiger charge is -2.16. The summed E-state index contributed by atoms with van der Waals surface area (Å²) in [7, 11) is 0. The normalized spacial score (nSPS) is 14.2. The molecule has 156 valence electrons. The Morgan fingerprint density at radius 1 is 0.867 bits per heavy atom. The highest BCUT2D eigenvalue weighted by Crippen LogP contribution is 2.38. The number of anilines is 2. The molecule has 0 spiro atoms. The second-order valence-electron chi connectivity index (χ2n) is 6.77. The molecule has 8 nitrogen and oxygen atoms in total. The highest BCUT2D eigenvalue weighted by atomic mass is 79.9. The van der Waals surface area contributed by atoms with Crippen LogP contribution in [-0.2, 0) is 32.0 Å². The third-order valence-corrected chi connectivity index (χ3v) is 5.64. The van der Waals surface area contributed by atoms with Crippen LogP contribution in [-0.4, -0.2) is 36.7 Å². The Bertz CT molecular complexity index is 1060. The fourth-order valence-electron chi connectivity index (χ4n) is 3.41. The molecule has 0 aliphatic carbocycles. The molecule has 0 saturated heterocycles. The summed E-state index contributed by atoms with van der Waals surface area (Å²) < 4.78 is 1.68. The number of halogens is 2. The molecule has 2 aromatic rings. The molecule has 2 aromatic carbocycles. The molecule has 4 amide bonds. The number of carbonyl (C=O) groups excluding carboxylic acids is 4. The highest BCUT2D eigenvalue weighted by molar-refractivity contribution is 9.11. The number of para-hydroxylation sites is 1. The molecule has 0 fully saturated rings. The smallest absolute Gasteiger partial charge is 0.237 e. The summed E-state index contributed by atoms with van der Waals surface area (Å²) in [6.45, 7) is -0.109. The first-order valence-corrected chi connectivity index (χ1v) is 10.5. The van der Waals surface area contributed by atoms with E-state index in [-0.39, 0.29) is 24.9 Å². The molecular formula is C20H18Br2N4O4. The van der Waals surface area contributed by atoms with Crippen molar-refractivity contribution in [3.8, 4) is 0 Å². The average Bonchev–Trinajstić information content (AvgIpc) is 3.11. The van der Waals surface area contributed by atoms with Crippen molar-refractivity contribution in [1.82, 2.24) is 0 Å². The fourth-order valence-corrected chi connectivity index (χ4v) is 4.94. The number of carbonyl (C=O) groups is 4. The first-order chi connectivity index (χ1) is 14.2. The first kappa shape index (κ1) is 22.0. The fraction of sp³-hybridized carbons (Fsp3) is 0.200. The van der Waals surface area contributed by atoms with Gasteiger partial charge in [-0.2, -0.15) is 0 Å². The molecule has 2 aliphatic rings. The van der Waals surface area contributed by atoms with Gasteiger partial charge in [-0.15, -0.1) is 0 Å². The van der Waals surface area contributed by atoms with Crippen LogP contribution in [0.4, 0.5) is 11.4 Å². The molecule has 10 heteroatoms. The number of benzene rings is 2. The Morgan fingerprint density at radius 3 is 2.10 bits per heavy atom. The molecule has 4 rings (SSSR count). The largest absolute Gasteiger partial charge is 0.368 e. The third-order valence-electron chi connectivity index (χ3n) is 4.57. The van der Waals surface area contributed by atoms with Gasteiger partial charge < -0.3 is 21.3 Å². The maximum Gasteiger partial charge on any atom is 0.237 e. The minimum Gasteiger partial charge on any atom is -0.368 e. The van der Waals surface area contributed by atoms with Crippen LogP contribution in [0.25, 0.3) is 0 Å². The second kappa shape index (κ2) is 8.97. The Kier molecular flexibility index (Phi) is 6.57. The van der Waals surface area contributed by atoms with E-state index in [1.807, 2.05) is 36.4 Å². The molecule has 4 N–H and O–H groups in total. The lowest BCUT2D eigenvalue weighted by molar-refractivity contribution is -0.121. The standard InChI is InChI=1S/C10H8Br2N2O2.C10H10N2O2/c11-6-1-5-2-9(16)14(4-8(13)15)10(5)7(12)3-6;11-9(13)6-12-8-4-2-1-3-7(8)5-10(12)14/h1,3H,2,4H2,(H2,13,15);1-4H,5-6H2,(H2,11,13). The van der Waals surface area contributed by atoms with E-state index >= 15 is 0 Å². The molecule has 0 unspecified atom stereocenters. The summed E-state index contributed by atoms with van der Waals surface area (Å²) in [6, 6.07) is 11.1. The van der Waals surface area contributed by atoms with E-state index in [0.717, 1.165) is 31.4 Å². The summed E-state index contributed by atoms with van der Waals surface area (Å²) in [5.74, 6) is -1.18. The Morgan fingerprint density at radius 2 is 1.43 bits per heavy atom. The molecule has 2 heterocycles. The minimum absolute atomic E-state index is 0.0319. The van der Waals surface area contributed by atoms with Gasteiger partial charge in [-0.05, 0) is 45.3 Å². The van der Waals surface area contributed by atoms with E-state index in [1.54, 1.807) is 0 Å². The Balaban J connectivity index is 0.000000172. The Labute approximate surface area is 189 Å². The van der Waals surface area contributed by atoms with Crippen molar-refractivity contribution in [2.75, 3.05) is 22.9 Å². The van der Waals surface area contributed by atoms with Gasteiger partial charge >= 0.3 is 0 Å². The topological polar surface area (TPSA) is 127 Å². The molecule has 0 bridgehead atoms. The molecule has 0 atom stereocenters. The van der Waals surface area contributed by atoms with Gasteiger partial charge in [-0.25, -0.2) is 0 Å². The van der Waals surface area contributed by atoms with Crippen molar-refractivity contribution < 1.29 is 19.2 Å². The summed E-state index contributed by atoms with van der Waals surface area (Å²) in [6.07, 6.45) is 0.671. The quantitative estimate of drug-likeness (QED) is 0.614. The van der Waals surface area contributed by atoms with Crippen LogP contribution in [0.1, 0.15) is 11.1 Å². The van der Waals surface area contributed by atoms with Crippen LogP contribution < -0.4 is 21.3 Å². The van der Waals surface area contributed by atoms with Crippen molar-refractivity contribution in [2.45, 2.75) is 12.8 Å². The SMILES string of the molecule is NC(=O)CN1C(=O)Cc2cc(Br)cc(Br)c21.NC(=O)CN1C(=O)Cc2ccccc21. The number of nitrogens with two attached hydrogens (primary N) is 2. The van der Waals surface area contributed by atoms with Crippen molar-refractivity contribution in [3.63, 3.8) is 0 Å². The third kappa shape index (κ3) is 4.71. The van der Waals surface area contributed by atoms with Gasteiger partial charge in [0.1, 0.15) is 13.1 Å². The second-order valence-corrected chi connectivity index (χ2v) is 8.54. The zero-order valence-corrected chi connectivity index (χ0v) is 18.9. The lowest BCUT2D eigenvalue weighted by Crippen LogP contribution is -2.36. The number of rotatable bonds is 4. The van der Waals surface area contributed by atoms with Crippen LogP contribution in [0, 0.1) is 0 Å². The van der Waals surface area contributed by atoms with E-state index in [4.69, 9.17) is 11.5 Å². The number of hydrogen-bond acceptors (Lipinski definition) is 4. The van der Waals surface area contributed by atoms with E-state index in [0.29, 0.717) is 12.8 Å². The van der Waals surface area contributed by atoms with Crippen molar-refractivity contribution in [3.05, 3.63) is 56.5 Å². The average molecular weight is 538 g/mol. The first-order valence-electron chi connectivity index (χ1n) is 8.90. The number of nitrogens with zero attached hydrogens (tertiary/aromatic N) is 2. The van der Waals surface area contributed by atoms with Gasteiger partial charge in [0, 0.05) is 14.6 Å². The summed E-state index contributed by atoms with van der Waals surface area (Å²) >= 11 is 6.73. The van der Waals surface area contributed by atoms with Crippen molar-refractivity contribution in [1.29, 1.82) is 0 Å². The summed E-state index contributed by atoms with van der Waals surface area (Å²) in [4.78, 5) is 47.7. The van der Waals surface area contributed by atoms with Gasteiger partial charge in [0.15, 0.2) is 0 Å². The summed E-state index contributed by atoms with van der Waals surface area (Å²) in [5, 5.41) is 0. The van der Waals surface area contributed by atoms with Gasteiger partial charge in [0.25, 0.3) is 0 Å². The monoisotopic (exact) mass is 536 g/mol. The van der Waals surface area contributed by atoms with E-state index in [9.17, 15) is 19.2 Å². The minimum atomic E-state index is -0.518. The van der Waals surface area contributed by atoms with E-state index in [1.165, 1.54) is 9.80 Å². The maximum atomic E-state index is 11.7. The van der Waals surface area contributed by atoms with Crippen molar-refractivity contribution in [2.24, 2.45) is 11.5 Å². The van der Waals surface area contributed by atoms with Gasteiger partial charge in [0.2, 0.25) is 23.6 Å². The number of amides is 4. The predicted molar refractivity (Wildman–Crippen MR) is 119 cm³/mol. The van der Waals surface area contributed by atoms with E-state index < -0.39 is 11.8 Å². The molecule has 2 aliphatic heterocycles. The maximum absolute atomic E-state index is 11.7. The molecule has 0 aromatic heterocycles. The molecular weight excluding hydrogens is 520 g/mol. The van der Waals surface area contributed by atoms with Crippen LogP contribution in [0.3, 0.4) is 0 Å². The van der Waals surface area contributed by atoms with Gasteiger partial charge in [0.05, 0.1) is 18.5 Å². The van der Waals surface area contributed by atoms with Crippen LogP contribution in [0.15, 0.2) is 45.3 Å². The lowest BCUT2D eigenvalue weighted by atomic mass is 10.2. The molecule has 0 saturated carbocycles. The van der Waals surface area contributed by atoms with Crippen LogP contribution in [0.5, 0.6) is 0 Å². The zero-order chi connectivity index (χ0) is 22.0. The van der Waals surface area contributed by atoms with Crippen molar-refractivity contribution >= 4 is 66.9 Å². The molecule has 30 heavy (non-hydrogen) atoms.